The monoisotopic (exact) mass is 351 g/mol. The lowest BCUT2D eigenvalue weighted by molar-refractivity contribution is -0.682. The van der Waals surface area contributed by atoms with Gasteiger partial charge >= 0.3 is 0 Å². The van der Waals surface area contributed by atoms with Gasteiger partial charge in [0, 0.05) is 10.4 Å². The standard InChI is InChI=1S/C21H22N2OS/c1-16(17-9-4-2-5-10-17)22-15-20(24)23-21(19-13-8-14-25-19)18-11-6-3-7-12-18/h2-14,16,21-22H,15H2,1H3,(H,23,24)/p+1/t16-,21+/m1/s1. The van der Waals surface area contributed by atoms with E-state index in [4.69, 9.17) is 0 Å². The van der Waals surface area contributed by atoms with Crippen molar-refractivity contribution in [3.8, 4) is 0 Å². The molecule has 25 heavy (non-hydrogen) atoms. The van der Waals surface area contributed by atoms with Gasteiger partial charge in [0.2, 0.25) is 0 Å². The molecule has 0 aliphatic heterocycles. The first kappa shape index (κ1) is 17.4. The highest BCUT2D eigenvalue weighted by atomic mass is 32.1. The molecule has 1 heterocycles. The summed E-state index contributed by atoms with van der Waals surface area (Å²) in [6, 6.07) is 24.6. The van der Waals surface area contributed by atoms with Crippen LogP contribution in [-0.4, -0.2) is 12.5 Å². The molecule has 3 aromatic rings. The van der Waals surface area contributed by atoms with Gasteiger partial charge in [0.1, 0.15) is 6.04 Å². The minimum atomic E-state index is -0.0888. The fourth-order valence-corrected chi connectivity index (χ4v) is 3.62. The molecule has 0 unspecified atom stereocenters. The number of carbonyl (C=O) groups excluding carboxylic acids is 1. The molecular weight excluding hydrogens is 328 g/mol. The third kappa shape index (κ3) is 4.78. The predicted octanol–water partition coefficient (Wildman–Crippen LogP) is 3.28. The molecular formula is C21H23N2OS+. The average molecular weight is 351 g/mol. The molecule has 1 amide bonds. The van der Waals surface area contributed by atoms with E-state index in [0.29, 0.717) is 6.54 Å². The van der Waals surface area contributed by atoms with Gasteiger partial charge in [-0.05, 0) is 23.9 Å². The van der Waals surface area contributed by atoms with Gasteiger partial charge in [0.15, 0.2) is 6.54 Å². The second kappa shape index (κ2) is 8.60. The van der Waals surface area contributed by atoms with Crippen molar-refractivity contribution in [2.45, 2.75) is 19.0 Å². The van der Waals surface area contributed by atoms with Crippen molar-refractivity contribution < 1.29 is 10.1 Å². The predicted molar refractivity (Wildman–Crippen MR) is 102 cm³/mol. The van der Waals surface area contributed by atoms with Crippen LogP contribution in [0.4, 0.5) is 0 Å². The fraction of sp³-hybridized carbons (Fsp3) is 0.190. The first-order valence-electron chi connectivity index (χ1n) is 8.50. The summed E-state index contributed by atoms with van der Waals surface area (Å²) in [6.45, 7) is 2.53. The highest BCUT2D eigenvalue weighted by Crippen LogP contribution is 2.25. The Hall–Kier alpha value is -2.43. The molecule has 2 aromatic carbocycles. The van der Waals surface area contributed by atoms with E-state index >= 15 is 0 Å². The summed E-state index contributed by atoms with van der Waals surface area (Å²) >= 11 is 1.66. The maximum atomic E-state index is 12.5. The number of quaternary nitrogens is 1. The van der Waals surface area contributed by atoms with Gasteiger partial charge in [0.05, 0.1) is 6.04 Å². The molecule has 0 spiro atoms. The number of hydrogen-bond acceptors (Lipinski definition) is 2. The summed E-state index contributed by atoms with van der Waals surface area (Å²) < 4.78 is 0. The second-order valence-corrected chi connectivity index (χ2v) is 7.05. The van der Waals surface area contributed by atoms with Gasteiger partial charge < -0.3 is 10.6 Å². The van der Waals surface area contributed by atoms with E-state index < -0.39 is 0 Å². The third-order valence-corrected chi connectivity index (χ3v) is 5.19. The molecule has 1 aromatic heterocycles. The highest BCUT2D eigenvalue weighted by Gasteiger charge is 2.19. The van der Waals surface area contributed by atoms with E-state index in [9.17, 15) is 4.79 Å². The van der Waals surface area contributed by atoms with Gasteiger partial charge in [-0.1, -0.05) is 66.7 Å². The minimum Gasteiger partial charge on any atom is -0.339 e. The Morgan fingerprint density at radius 1 is 0.960 bits per heavy atom. The molecule has 0 fully saturated rings. The quantitative estimate of drug-likeness (QED) is 0.674. The lowest BCUT2D eigenvalue weighted by atomic mass is 10.1. The Balaban J connectivity index is 1.63. The van der Waals surface area contributed by atoms with Crippen molar-refractivity contribution in [2.24, 2.45) is 0 Å². The van der Waals surface area contributed by atoms with Crippen molar-refractivity contribution in [3.05, 3.63) is 94.2 Å². The van der Waals surface area contributed by atoms with Crippen LogP contribution in [0.2, 0.25) is 0 Å². The van der Waals surface area contributed by atoms with Crippen LogP contribution in [0.25, 0.3) is 0 Å². The van der Waals surface area contributed by atoms with Crippen molar-refractivity contribution in [3.63, 3.8) is 0 Å². The molecule has 0 saturated carbocycles. The van der Waals surface area contributed by atoms with Crippen LogP contribution in [0.15, 0.2) is 78.2 Å². The Morgan fingerprint density at radius 2 is 1.60 bits per heavy atom. The Labute approximate surface area is 152 Å². The van der Waals surface area contributed by atoms with Gasteiger partial charge in [-0.3, -0.25) is 4.79 Å². The molecule has 0 saturated heterocycles. The molecule has 0 radical (unpaired) electrons. The smallest absolute Gasteiger partial charge is 0.275 e. The molecule has 2 atom stereocenters. The van der Waals surface area contributed by atoms with Crippen LogP contribution >= 0.6 is 11.3 Å². The molecule has 3 nitrogen and oxygen atoms in total. The third-order valence-electron chi connectivity index (χ3n) is 4.25. The van der Waals surface area contributed by atoms with Crippen LogP contribution in [0.3, 0.4) is 0 Å². The zero-order valence-corrected chi connectivity index (χ0v) is 15.1. The topological polar surface area (TPSA) is 45.7 Å². The lowest BCUT2D eigenvalue weighted by Gasteiger charge is -2.18. The zero-order valence-electron chi connectivity index (χ0n) is 14.3. The van der Waals surface area contributed by atoms with E-state index in [1.54, 1.807) is 11.3 Å². The van der Waals surface area contributed by atoms with Crippen LogP contribution in [-0.2, 0) is 4.79 Å². The Morgan fingerprint density at radius 3 is 2.20 bits per heavy atom. The molecule has 4 heteroatoms. The van der Waals surface area contributed by atoms with Crippen LogP contribution < -0.4 is 10.6 Å². The first-order valence-corrected chi connectivity index (χ1v) is 9.38. The number of benzene rings is 2. The zero-order chi connectivity index (χ0) is 17.5. The average Bonchev–Trinajstić information content (AvgIpc) is 3.20. The van der Waals surface area contributed by atoms with Gasteiger partial charge in [-0.2, -0.15) is 0 Å². The van der Waals surface area contributed by atoms with Crippen LogP contribution in [0, 0.1) is 0 Å². The number of nitrogens with two attached hydrogens (primary N) is 1. The second-order valence-electron chi connectivity index (χ2n) is 6.07. The highest BCUT2D eigenvalue weighted by molar-refractivity contribution is 7.10. The SMILES string of the molecule is C[C@@H]([NH2+]CC(=O)N[C@@H](c1ccccc1)c1cccs1)c1ccccc1. The minimum absolute atomic E-state index is 0.0463. The summed E-state index contributed by atoms with van der Waals surface area (Å²) in [7, 11) is 0. The largest absolute Gasteiger partial charge is 0.339 e. The van der Waals surface area contributed by atoms with Gasteiger partial charge in [-0.25, -0.2) is 0 Å². The maximum Gasteiger partial charge on any atom is 0.275 e. The molecule has 3 rings (SSSR count). The van der Waals surface area contributed by atoms with E-state index in [0.717, 1.165) is 10.4 Å². The number of carbonyl (C=O) groups is 1. The fourth-order valence-electron chi connectivity index (χ4n) is 2.82. The number of rotatable bonds is 7. The van der Waals surface area contributed by atoms with Crippen LogP contribution in [0.5, 0.6) is 0 Å². The summed E-state index contributed by atoms with van der Waals surface area (Å²) in [5.41, 5.74) is 2.34. The van der Waals surface area contributed by atoms with Gasteiger partial charge in [0.25, 0.3) is 5.91 Å². The van der Waals surface area contributed by atoms with E-state index in [1.165, 1.54) is 5.56 Å². The summed E-state index contributed by atoms with van der Waals surface area (Å²) in [4.78, 5) is 13.7. The molecule has 0 aliphatic carbocycles. The Bertz CT molecular complexity index is 772. The Kier molecular flexibility index (Phi) is 5.99. The summed E-state index contributed by atoms with van der Waals surface area (Å²) in [6.07, 6.45) is 0. The van der Waals surface area contributed by atoms with Gasteiger partial charge in [-0.15, -0.1) is 11.3 Å². The maximum absolute atomic E-state index is 12.5. The van der Waals surface area contributed by atoms with E-state index in [1.807, 2.05) is 47.8 Å². The van der Waals surface area contributed by atoms with Crippen molar-refractivity contribution in [1.29, 1.82) is 0 Å². The molecule has 3 N–H and O–H groups in total. The number of hydrogen-bond donors (Lipinski definition) is 2. The lowest BCUT2D eigenvalue weighted by Crippen LogP contribution is -2.87. The van der Waals surface area contributed by atoms with E-state index in [2.05, 4.69) is 47.9 Å². The summed E-state index contributed by atoms with van der Waals surface area (Å²) in [5.74, 6) is 0.0463. The molecule has 0 aliphatic rings. The number of thiophene rings is 1. The first-order chi connectivity index (χ1) is 12.2. The number of nitrogens with one attached hydrogen (secondary N) is 1. The van der Waals surface area contributed by atoms with Crippen molar-refractivity contribution in [2.75, 3.05) is 6.54 Å². The van der Waals surface area contributed by atoms with Crippen molar-refractivity contribution in [1.82, 2.24) is 5.32 Å². The van der Waals surface area contributed by atoms with E-state index in [-0.39, 0.29) is 18.0 Å². The number of amides is 1. The van der Waals surface area contributed by atoms with Crippen molar-refractivity contribution >= 4 is 17.2 Å². The molecule has 0 bridgehead atoms. The normalized spacial score (nSPS) is 13.2. The summed E-state index contributed by atoms with van der Waals surface area (Å²) in [5, 5.41) is 7.30. The molecule has 128 valence electrons. The van der Waals surface area contributed by atoms with Crippen LogP contribution in [0.1, 0.15) is 35.0 Å².